The average molecular weight is 255 g/mol. The Labute approximate surface area is 115 Å². The quantitative estimate of drug-likeness (QED) is 0.892. The van der Waals surface area contributed by atoms with E-state index in [0.717, 1.165) is 24.5 Å². The van der Waals surface area contributed by atoms with Crippen LogP contribution in [0.4, 0.5) is 5.82 Å². The van der Waals surface area contributed by atoms with Gasteiger partial charge < -0.3 is 10.6 Å². The predicted molar refractivity (Wildman–Crippen MR) is 80.0 cm³/mol. The van der Waals surface area contributed by atoms with Crippen LogP contribution in [0.3, 0.4) is 0 Å². The maximum atomic E-state index is 5.84. The topological polar surface area (TPSA) is 42.1 Å². The number of anilines is 1. The van der Waals surface area contributed by atoms with E-state index < -0.39 is 0 Å². The van der Waals surface area contributed by atoms with Crippen molar-refractivity contribution >= 4 is 5.82 Å². The highest BCUT2D eigenvalue weighted by atomic mass is 15.2. The minimum Gasteiger partial charge on any atom is -0.353 e. The highest BCUT2D eigenvalue weighted by Crippen LogP contribution is 2.16. The molecule has 0 aliphatic rings. The lowest BCUT2D eigenvalue weighted by atomic mass is 10.1. The van der Waals surface area contributed by atoms with Crippen molar-refractivity contribution in [2.24, 2.45) is 5.73 Å². The fraction of sp³-hybridized carbons (Fsp3) is 0.312. The van der Waals surface area contributed by atoms with Gasteiger partial charge in [-0.05, 0) is 31.0 Å². The molecule has 1 aromatic heterocycles. The summed E-state index contributed by atoms with van der Waals surface area (Å²) in [6.45, 7) is 5.92. The molecule has 0 fully saturated rings. The van der Waals surface area contributed by atoms with Crippen molar-refractivity contribution in [2.75, 3.05) is 11.4 Å². The standard InChI is InChI=1S/C16H21N3/c1-3-19(12-14-7-5-4-6-8-14)16-10-9-15(11-18-16)13(2)17/h4-11,13H,3,12,17H2,1-2H3. The van der Waals surface area contributed by atoms with E-state index in [-0.39, 0.29) is 6.04 Å². The molecule has 2 N–H and O–H groups in total. The normalized spacial score (nSPS) is 12.2. The van der Waals surface area contributed by atoms with E-state index in [4.69, 9.17) is 5.73 Å². The van der Waals surface area contributed by atoms with E-state index >= 15 is 0 Å². The fourth-order valence-electron chi connectivity index (χ4n) is 2.01. The molecule has 1 atom stereocenters. The molecule has 1 heterocycles. The molecule has 3 nitrogen and oxygen atoms in total. The van der Waals surface area contributed by atoms with Crippen LogP contribution in [-0.4, -0.2) is 11.5 Å². The maximum absolute atomic E-state index is 5.84. The zero-order chi connectivity index (χ0) is 13.7. The van der Waals surface area contributed by atoms with Gasteiger partial charge >= 0.3 is 0 Å². The zero-order valence-corrected chi connectivity index (χ0v) is 11.6. The minimum absolute atomic E-state index is 0.0331. The number of aromatic nitrogens is 1. The molecule has 2 rings (SSSR count). The monoisotopic (exact) mass is 255 g/mol. The molecule has 19 heavy (non-hydrogen) atoms. The van der Waals surface area contributed by atoms with E-state index in [1.54, 1.807) is 0 Å². The summed E-state index contributed by atoms with van der Waals surface area (Å²) in [6.07, 6.45) is 1.87. The van der Waals surface area contributed by atoms with Gasteiger partial charge in [-0.25, -0.2) is 4.98 Å². The second kappa shape index (κ2) is 6.34. The summed E-state index contributed by atoms with van der Waals surface area (Å²) in [6, 6.07) is 14.6. The summed E-state index contributed by atoms with van der Waals surface area (Å²) < 4.78 is 0. The first kappa shape index (κ1) is 13.6. The van der Waals surface area contributed by atoms with Gasteiger partial charge in [0.05, 0.1) is 0 Å². The predicted octanol–water partition coefficient (Wildman–Crippen LogP) is 3.13. The summed E-state index contributed by atoms with van der Waals surface area (Å²) in [4.78, 5) is 6.76. The number of nitrogens with zero attached hydrogens (tertiary/aromatic N) is 2. The van der Waals surface area contributed by atoms with Gasteiger partial charge in [0.1, 0.15) is 5.82 Å². The van der Waals surface area contributed by atoms with Gasteiger partial charge in [0, 0.05) is 25.3 Å². The van der Waals surface area contributed by atoms with Crippen LogP contribution in [-0.2, 0) is 6.54 Å². The molecule has 3 heteroatoms. The number of nitrogens with two attached hydrogens (primary N) is 1. The van der Waals surface area contributed by atoms with Crippen molar-refractivity contribution in [1.29, 1.82) is 0 Å². The lowest BCUT2D eigenvalue weighted by Gasteiger charge is -2.22. The first-order chi connectivity index (χ1) is 9.20. The van der Waals surface area contributed by atoms with Crippen LogP contribution >= 0.6 is 0 Å². The molecule has 100 valence electrons. The molecule has 0 aliphatic heterocycles. The van der Waals surface area contributed by atoms with Crippen molar-refractivity contribution in [2.45, 2.75) is 26.4 Å². The molecule has 1 unspecified atom stereocenters. The first-order valence-electron chi connectivity index (χ1n) is 6.71. The van der Waals surface area contributed by atoms with Crippen LogP contribution in [0.25, 0.3) is 0 Å². The SMILES string of the molecule is CCN(Cc1ccccc1)c1ccc(C(C)N)cn1. The van der Waals surface area contributed by atoms with Gasteiger partial charge in [-0.15, -0.1) is 0 Å². The van der Waals surface area contributed by atoms with Gasteiger partial charge in [-0.1, -0.05) is 36.4 Å². The average Bonchev–Trinajstić information content (AvgIpc) is 2.46. The van der Waals surface area contributed by atoms with E-state index in [2.05, 4.69) is 47.1 Å². The van der Waals surface area contributed by atoms with Crippen LogP contribution < -0.4 is 10.6 Å². The van der Waals surface area contributed by atoms with Crippen molar-refractivity contribution in [3.05, 3.63) is 59.8 Å². The number of hydrogen-bond donors (Lipinski definition) is 1. The summed E-state index contributed by atoms with van der Waals surface area (Å²) in [5, 5.41) is 0. The van der Waals surface area contributed by atoms with E-state index in [9.17, 15) is 0 Å². The second-order valence-corrected chi connectivity index (χ2v) is 4.74. The fourth-order valence-corrected chi connectivity index (χ4v) is 2.01. The molecule has 0 radical (unpaired) electrons. The Kier molecular flexibility index (Phi) is 4.53. The van der Waals surface area contributed by atoms with Crippen LogP contribution in [0.1, 0.15) is 31.0 Å². The summed E-state index contributed by atoms with van der Waals surface area (Å²) in [7, 11) is 0. The Hall–Kier alpha value is -1.87. The number of hydrogen-bond acceptors (Lipinski definition) is 3. The number of rotatable bonds is 5. The van der Waals surface area contributed by atoms with Gasteiger partial charge in [0.15, 0.2) is 0 Å². The molecular weight excluding hydrogens is 234 g/mol. The largest absolute Gasteiger partial charge is 0.353 e. The van der Waals surface area contributed by atoms with E-state index in [1.807, 2.05) is 25.3 Å². The van der Waals surface area contributed by atoms with Crippen molar-refractivity contribution in [1.82, 2.24) is 4.98 Å². The van der Waals surface area contributed by atoms with Gasteiger partial charge in [0.25, 0.3) is 0 Å². The van der Waals surface area contributed by atoms with Gasteiger partial charge in [-0.3, -0.25) is 0 Å². The zero-order valence-electron chi connectivity index (χ0n) is 11.6. The molecule has 0 spiro atoms. The van der Waals surface area contributed by atoms with Gasteiger partial charge in [-0.2, -0.15) is 0 Å². The third-order valence-corrected chi connectivity index (χ3v) is 3.22. The summed E-state index contributed by atoms with van der Waals surface area (Å²) in [5.41, 5.74) is 8.21. The second-order valence-electron chi connectivity index (χ2n) is 4.74. The summed E-state index contributed by atoms with van der Waals surface area (Å²) in [5.74, 6) is 0.996. The molecule has 1 aromatic carbocycles. The van der Waals surface area contributed by atoms with Crippen LogP contribution in [0.2, 0.25) is 0 Å². The summed E-state index contributed by atoms with van der Waals surface area (Å²) >= 11 is 0. The highest BCUT2D eigenvalue weighted by molar-refractivity contribution is 5.40. The molecule has 0 amide bonds. The van der Waals surface area contributed by atoms with Crippen molar-refractivity contribution in [3.63, 3.8) is 0 Å². The molecule has 0 bridgehead atoms. The lowest BCUT2D eigenvalue weighted by molar-refractivity contribution is 0.792. The maximum Gasteiger partial charge on any atom is 0.128 e. The highest BCUT2D eigenvalue weighted by Gasteiger charge is 2.07. The molecular formula is C16H21N3. The Morgan fingerprint density at radius 1 is 1.16 bits per heavy atom. The Morgan fingerprint density at radius 2 is 1.89 bits per heavy atom. The lowest BCUT2D eigenvalue weighted by Crippen LogP contribution is -2.23. The third kappa shape index (κ3) is 3.55. The van der Waals surface area contributed by atoms with Gasteiger partial charge in [0.2, 0.25) is 0 Å². The van der Waals surface area contributed by atoms with Crippen molar-refractivity contribution in [3.8, 4) is 0 Å². The Morgan fingerprint density at radius 3 is 2.42 bits per heavy atom. The van der Waals surface area contributed by atoms with E-state index in [1.165, 1.54) is 5.56 Å². The minimum atomic E-state index is 0.0331. The number of benzene rings is 1. The van der Waals surface area contributed by atoms with Crippen LogP contribution in [0.5, 0.6) is 0 Å². The molecule has 2 aromatic rings. The Balaban J connectivity index is 2.13. The van der Waals surface area contributed by atoms with Crippen molar-refractivity contribution < 1.29 is 0 Å². The molecule has 0 saturated carbocycles. The van der Waals surface area contributed by atoms with E-state index in [0.29, 0.717) is 0 Å². The Bertz CT molecular complexity index is 491. The first-order valence-corrected chi connectivity index (χ1v) is 6.71. The smallest absolute Gasteiger partial charge is 0.128 e. The third-order valence-electron chi connectivity index (χ3n) is 3.22. The number of pyridine rings is 1. The molecule has 0 aliphatic carbocycles. The van der Waals surface area contributed by atoms with Crippen LogP contribution in [0.15, 0.2) is 48.7 Å². The van der Waals surface area contributed by atoms with Crippen LogP contribution in [0, 0.1) is 0 Å². The molecule has 0 saturated heterocycles.